The predicted molar refractivity (Wildman–Crippen MR) is 69.1 cm³/mol. The summed E-state index contributed by atoms with van der Waals surface area (Å²) < 4.78 is 14.0. The number of likely N-dealkylation sites (N-methyl/N-ethyl adjacent to an activating group) is 1. The summed E-state index contributed by atoms with van der Waals surface area (Å²) in [5.41, 5.74) is 0.703. The minimum absolute atomic E-state index is 0.121. The molecule has 3 nitrogen and oxygen atoms in total. The molecule has 0 radical (unpaired) electrons. The van der Waals surface area contributed by atoms with E-state index >= 15 is 0 Å². The summed E-state index contributed by atoms with van der Waals surface area (Å²) in [4.78, 5) is 16.3. The van der Waals surface area contributed by atoms with Crippen LogP contribution in [0.15, 0.2) is 18.2 Å². The molecule has 1 heterocycles. The first-order valence-electron chi connectivity index (χ1n) is 6.25. The number of rotatable bonds is 1. The molecule has 1 unspecified atom stereocenters. The van der Waals surface area contributed by atoms with E-state index in [0.29, 0.717) is 12.1 Å². The molecular weight excluding hydrogens is 231 g/mol. The van der Waals surface area contributed by atoms with Crippen LogP contribution in [0.5, 0.6) is 0 Å². The zero-order valence-electron chi connectivity index (χ0n) is 11.1. The molecule has 18 heavy (non-hydrogen) atoms. The number of carbonyl (C=O) groups is 1. The maximum atomic E-state index is 14.0. The van der Waals surface area contributed by atoms with E-state index in [-0.39, 0.29) is 17.5 Å². The van der Waals surface area contributed by atoms with Gasteiger partial charge < -0.3 is 9.80 Å². The Morgan fingerprint density at radius 3 is 2.78 bits per heavy atom. The average molecular weight is 250 g/mol. The van der Waals surface area contributed by atoms with Crippen molar-refractivity contribution in [3.63, 3.8) is 0 Å². The Balaban J connectivity index is 2.23. The van der Waals surface area contributed by atoms with E-state index in [0.717, 1.165) is 13.1 Å². The van der Waals surface area contributed by atoms with Crippen molar-refractivity contribution in [2.24, 2.45) is 0 Å². The molecule has 0 spiro atoms. The highest BCUT2D eigenvalue weighted by Crippen LogP contribution is 2.17. The molecule has 98 valence electrons. The molecule has 1 aromatic carbocycles. The Morgan fingerprint density at radius 1 is 1.39 bits per heavy atom. The third kappa shape index (κ3) is 2.38. The van der Waals surface area contributed by atoms with Crippen LogP contribution >= 0.6 is 0 Å². The lowest BCUT2D eigenvalue weighted by molar-refractivity contribution is 0.0529. The fourth-order valence-corrected chi connectivity index (χ4v) is 2.41. The molecule has 1 atom stereocenters. The molecule has 0 aromatic heterocycles. The zero-order valence-corrected chi connectivity index (χ0v) is 11.1. The fraction of sp³-hybridized carbons (Fsp3) is 0.500. The summed E-state index contributed by atoms with van der Waals surface area (Å²) in [5, 5.41) is 0. The Bertz CT molecular complexity index is 461. The maximum Gasteiger partial charge on any atom is 0.257 e. The van der Waals surface area contributed by atoms with Crippen molar-refractivity contribution in [1.29, 1.82) is 0 Å². The summed E-state index contributed by atoms with van der Waals surface area (Å²) in [6.45, 7) is 6.01. The molecule has 0 aliphatic carbocycles. The van der Waals surface area contributed by atoms with Crippen LogP contribution in [0.2, 0.25) is 0 Å². The Hall–Kier alpha value is -1.42. The van der Waals surface area contributed by atoms with Gasteiger partial charge in [-0.25, -0.2) is 4.39 Å². The van der Waals surface area contributed by atoms with Gasteiger partial charge in [0.2, 0.25) is 0 Å². The van der Waals surface area contributed by atoms with Crippen molar-refractivity contribution in [3.05, 3.63) is 35.1 Å². The molecule has 0 N–H and O–H groups in total. The highest BCUT2D eigenvalue weighted by molar-refractivity contribution is 5.95. The highest BCUT2D eigenvalue weighted by atomic mass is 19.1. The van der Waals surface area contributed by atoms with E-state index in [1.807, 2.05) is 14.0 Å². The van der Waals surface area contributed by atoms with E-state index in [9.17, 15) is 9.18 Å². The Morgan fingerprint density at radius 2 is 2.11 bits per heavy atom. The lowest BCUT2D eigenvalue weighted by Crippen LogP contribution is -2.52. The molecule has 1 amide bonds. The summed E-state index contributed by atoms with van der Waals surface area (Å²) in [6.07, 6.45) is 0. The van der Waals surface area contributed by atoms with Crippen LogP contribution < -0.4 is 0 Å². The SMILES string of the molecule is Cc1cccc(C(=O)N2CCN(C)CC2C)c1F. The van der Waals surface area contributed by atoms with E-state index < -0.39 is 5.82 Å². The van der Waals surface area contributed by atoms with Crippen molar-refractivity contribution in [3.8, 4) is 0 Å². The van der Waals surface area contributed by atoms with Crippen LogP contribution in [0.4, 0.5) is 4.39 Å². The molecule has 0 saturated carbocycles. The van der Waals surface area contributed by atoms with Gasteiger partial charge in [0, 0.05) is 25.7 Å². The maximum absolute atomic E-state index is 14.0. The third-order valence-corrected chi connectivity index (χ3v) is 3.51. The number of amides is 1. The van der Waals surface area contributed by atoms with Crippen LogP contribution in [0.1, 0.15) is 22.8 Å². The number of aryl methyl sites for hydroxylation is 1. The second-order valence-electron chi connectivity index (χ2n) is 5.05. The number of halogens is 1. The Kier molecular flexibility index (Phi) is 3.66. The van der Waals surface area contributed by atoms with Gasteiger partial charge in [0.25, 0.3) is 5.91 Å². The van der Waals surface area contributed by atoms with Gasteiger partial charge >= 0.3 is 0 Å². The van der Waals surface area contributed by atoms with Gasteiger partial charge in [-0.15, -0.1) is 0 Å². The molecule has 4 heteroatoms. The molecule has 1 saturated heterocycles. The first-order chi connectivity index (χ1) is 8.50. The minimum atomic E-state index is -0.395. The van der Waals surface area contributed by atoms with Crippen molar-refractivity contribution in [2.45, 2.75) is 19.9 Å². The van der Waals surface area contributed by atoms with Crippen LogP contribution in [-0.4, -0.2) is 48.4 Å². The fourth-order valence-electron chi connectivity index (χ4n) is 2.41. The second-order valence-corrected chi connectivity index (χ2v) is 5.05. The average Bonchev–Trinajstić information content (AvgIpc) is 2.32. The number of carbonyl (C=O) groups excluding carboxylic acids is 1. The normalized spacial score (nSPS) is 21.1. The van der Waals surface area contributed by atoms with Crippen LogP contribution in [0, 0.1) is 12.7 Å². The van der Waals surface area contributed by atoms with E-state index in [1.165, 1.54) is 0 Å². The summed E-state index contributed by atoms with van der Waals surface area (Å²) >= 11 is 0. The predicted octanol–water partition coefficient (Wildman–Crippen LogP) is 1.91. The van der Waals surface area contributed by atoms with E-state index in [1.54, 1.807) is 30.0 Å². The quantitative estimate of drug-likeness (QED) is 0.760. The van der Waals surface area contributed by atoms with Gasteiger partial charge in [-0.3, -0.25) is 4.79 Å². The van der Waals surface area contributed by atoms with Crippen molar-refractivity contribution in [1.82, 2.24) is 9.80 Å². The van der Waals surface area contributed by atoms with Crippen LogP contribution in [0.25, 0.3) is 0 Å². The largest absolute Gasteiger partial charge is 0.333 e. The van der Waals surface area contributed by atoms with Gasteiger partial charge in [-0.1, -0.05) is 12.1 Å². The number of benzene rings is 1. The van der Waals surface area contributed by atoms with E-state index in [4.69, 9.17) is 0 Å². The monoisotopic (exact) mass is 250 g/mol. The first-order valence-corrected chi connectivity index (χ1v) is 6.25. The number of piperazine rings is 1. The van der Waals surface area contributed by atoms with Crippen molar-refractivity contribution in [2.75, 3.05) is 26.7 Å². The zero-order chi connectivity index (χ0) is 13.3. The minimum Gasteiger partial charge on any atom is -0.333 e. The lowest BCUT2D eigenvalue weighted by atomic mass is 10.1. The van der Waals surface area contributed by atoms with Gasteiger partial charge in [-0.2, -0.15) is 0 Å². The number of nitrogens with zero attached hydrogens (tertiary/aromatic N) is 2. The summed E-state index contributed by atoms with van der Waals surface area (Å²) in [6, 6.07) is 5.10. The van der Waals surface area contributed by atoms with Gasteiger partial charge in [-0.05, 0) is 32.5 Å². The summed E-state index contributed by atoms with van der Waals surface area (Å²) in [5.74, 6) is -0.592. The Labute approximate surface area is 107 Å². The van der Waals surface area contributed by atoms with Crippen molar-refractivity contribution >= 4 is 5.91 Å². The number of hydrogen-bond acceptors (Lipinski definition) is 2. The van der Waals surface area contributed by atoms with Crippen LogP contribution in [0.3, 0.4) is 0 Å². The third-order valence-electron chi connectivity index (χ3n) is 3.51. The number of hydrogen-bond donors (Lipinski definition) is 0. The molecule has 1 fully saturated rings. The molecule has 2 rings (SSSR count). The van der Waals surface area contributed by atoms with Gasteiger partial charge in [0.05, 0.1) is 5.56 Å². The molecule has 1 aliphatic rings. The van der Waals surface area contributed by atoms with Gasteiger partial charge in [0.15, 0.2) is 0 Å². The smallest absolute Gasteiger partial charge is 0.257 e. The summed E-state index contributed by atoms with van der Waals surface area (Å²) in [7, 11) is 2.03. The van der Waals surface area contributed by atoms with Crippen molar-refractivity contribution < 1.29 is 9.18 Å². The molecule has 1 aliphatic heterocycles. The standard InChI is InChI=1S/C14H19FN2O/c1-10-5-4-6-12(13(10)15)14(18)17-8-7-16(3)9-11(17)2/h4-6,11H,7-9H2,1-3H3. The molecule has 1 aromatic rings. The van der Waals surface area contributed by atoms with E-state index in [2.05, 4.69) is 4.90 Å². The van der Waals surface area contributed by atoms with Gasteiger partial charge in [0.1, 0.15) is 5.82 Å². The molecular formula is C14H19FN2O. The van der Waals surface area contributed by atoms with Crippen LogP contribution in [-0.2, 0) is 0 Å². The molecule has 0 bridgehead atoms. The first kappa shape index (κ1) is 13.0. The lowest BCUT2D eigenvalue weighted by Gasteiger charge is -2.38. The highest BCUT2D eigenvalue weighted by Gasteiger charge is 2.28. The topological polar surface area (TPSA) is 23.6 Å². The second kappa shape index (κ2) is 5.06.